The summed E-state index contributed by atoms with van der Waals surface area (Å²) in [5, 5.41) is 0. The molecule has 140 valence electrons. The van der Waals surface area contributed by atoms with Gasteiger partial charge in [-0.2, -0.15) is 0 Å². The topological polar surface area (TPSA) is 0 Å². The Kier molecular flexibility index (Phi) is 21.0. The van der Waals surface area contributed by atoms with Gasteiger partial charge in [0, 0.05) is 0 Å². The second kappa shape index (κ2) is 22.4. The molecule has 0 aromatic rings. The summed E-state index contributed by atoms with van der Waals surface area (Å²) in [5.41, 5.74) is 0. The molecule has 0 aromatic carbocycles. The molecule has 0 aliphatic carbocycles. The van der Waals surface area contributed by atoms with Gasteiger partial charge in [0.15, 0.2) is 0 Å². The van der Waals surface area contributed by atoms with Crippen LogP contribution in [0.3, 0.4) is 0 Å². The highest BCUT2D eigenvalue weighted by molar-refractivity contribution is 5.18. The van der Waals surface area contributed by atoms with Crippen molar-refractivity contribution in [3.63, 3.8) is 0 Å². The van der Waals surface area contributed by atoms with E-state index >= 15 is 0 Å². The van der Waals surface area contributed by atoms with Crippen molar-refractivity contribution < 1.29 is 0 Å². The third-order valence-corrected chi connectivity index (χ3v) is 4.14. The molecule has 0 radical (unpaired) electrons. The van der Waals surface area contributed by atoms with Crippen molar-refractivity contribution in [1.29, 1.82) is 0 Å². The molecule has 0 heterocycles. The first-order valence-electron chi connectivity index (χ1n) is 10.4. The molecular formula is C25H40. The van der Waals surface area contributed by atoms with Gasteiger partial charge in [-0.15, -0.1) is 0 Å². The van der Waals surface area contributed by atoms with Gasteiger partial charge in [-0.25, -0.2) is 0 Å². The average Bonchev–Trinajstić information content (AvgIpc) is 2.63. The SMILES string of the molecule is C=C/C=C/C=C/C=C/C=C/C=C/CCCCCCCCCCCCC. The Morgan fingerprint density at radius 2 is 0.880 bits per heavy atom. The summed E-state index contributed by atoms with van der Waals surface area (Å²) in [4.78, 5) is 0. The van der Waals surface area contributed by atoms with Gasteiger partial charge in [-0.05, 0) is 12.8 Å². The number of unbranched alkanes of at least 4 members (excludes halogenated alkanes) is 11. The minimum atomic E-state index is 1.21. The van der Waals surface area contributed by atoms with E-state index in [0.717, 1.165) is 0 Å². The molecule has 0 saturated carbocycles. The molecule has 0 heteroatoms. The first-order valence-corrected chi connectivity index (χ1v) is 10.4. The highest BCUT2D eigenvalue weighted by Gasteiger charge is 1.92. The fourth-order valence-corrected chi connectivity index (χ4v) is 2.63. The van der Waals surface area contributed by atoms with Gasteiger partial charge in [-0.1, -0.05) is 145 Å². The fourth-order valence-electron chi connectivity index (χ4n) is 2.63. The zero-order valence-electron chi connectivity index (χ0n) is 16.5. The molecule has 0 spiro atoms. The highest BCUT2D eigenvalue weighted by Crippen LogP contribution is 2.11. The summed E-state index contributed by atoms with van der Waals surface area (Å²) in [6.45, 7) is 5.91. The van der Waals surface area contributed by atoms with Crippen LogP contribution >= 0.6 is 0 Å². The molecule has 0 aromatic heterocycles. The Morgan fingerprint density at radius 3 is 1.36 bits per heavy atom. The molecule has 0 atom stereocenters. The van der Waals surface area contributed by atoms with E-state index in [0.29, 0.717) is 0 Å². The van der Waals surface area contributed by atoms with Gasteiger partial charge in [0.05, 0.1) is 0 Å². The Morgan fingerprint density at radius 1 is 0.480 bits per heavy atom. The standard InChI is InChI=1S/C25H40/c1-3-5-7-9-11-13-15-17-19-21-23-25-24-22-20-18-16-14-12-10-8-6-4-2/h3,5,7,9,11,13,15,17,19,21,23H,1,4,6,8,10,12,14,16,18,20,22,24-25H2,2H3/b7-5+,11-9+,15-13+,19-17+,23-21+. The van der Waals surface area contributed by atoms with Crippen molar-refractivity contribution in [1.82, 2.24) is 0 Å². The van der Waals surface area contributed by atoms with Crippen molar-refractivity contribution in [3.05, 3.63) is 73.4 Å². The van der Waals surface area contributed by atoms with Crippen LogP contribution in [0.4, 0.5) is 0 Å². The zero-order chi connectivity index (χ0) is 18.3. The van der Waals surface area contributed by atoms with Crippen LogP contribution in [0.5, 0.6) is 0 Å². The molecule has 25 heavy (non-hydrogen) atoms. The highest BCUT2D eigenvalue weighted by atomic mass is 14.0. The number of hydrogen-bond acceptors (Lipinski definition) is 0. The summed E-state index contributed by atoms with van der Waals surface area (Å²) < 4.78 is 0. The molecule has 0 bridgehead atoms. The minimum Gasteiger partial charge on any atom is -0.0991 e. The van der Waals surface area contributed by atoms with Crippen LogP contribution in [0, 0.1) is 0 Å². The predicted octanol–water partition coefficient (Wildman–Crippen LogP) is 8.65. The summed E-state index contributed by atoms with van der Waals surface area (Å²) >= 11 is 0. The predicted molar refractivity (Wildman–Crippen MR) is 117 cm³/mol. The Balaban J connectivity index is 3.33. The fraction of sp³-hybridized carbons (Fsp3) is 0.520. The van der Waals surface area contributed by atoms with Gasteiger partial charge in [-0.3, -0.25) is 0 Å². The number of allylic oxidation sites excluding steroid dienone is 11. The monoisotopic (exact) mass is 340 g/mol. The van der Waals surface area contributed by atoms with E-state index in [2.05, 4.69) is 37.8 Å². The molecule has 0 unspecified atom stereocenters. The van der Waals surface area contributed by atoms with E-state index in [4.69, 9.17) is 0 Å². The molecule has 0 amide bonds. The van der Waals surface area contributed by atoms with Gasteiger partial charge >= 0.3 is 0 Å². The van der Waals surface area contributed by atoms with Crippen LogP contribution < -0.4 is 0 Å². The van der Waals surface area contributed by atoms with Crippen LogP contribution in [-0.4, -0.2) is 0 Å². The normalized spacial score (nSPS) is 12.7. The van der Waals surface area contributed by atoms with E-state index in [1.165, 1.54) is 77.0 Å². The van der Waals surface area contributed by atoms with Crippen LogP contribution in [-0.2, 0) is 0 Å². The second-order valence-corrected chi connectivity index (χ2v) is 6.53. The number of rotatable bonds is 17. The summed E-state index contributed by atoms with van der Waals surface area (Å²) in [6.07, 6.45) is 39.1. The van der Waals surface area contributed by atoms with E-state index in [1.54, 1.807) is 6.08 Å². The van der Waals surface area contributed by atoms with E-state index in [1.807, 2.05) is 36.5 Å². The molecule has 0 rings (SSSR count). The lowest BCUT2D eigenvalue weighted by Crippen LogP contribution is -1.81. The van der Waals surface area contributed by atoms with E-state index in [-0.39, 0.29) is 0 Å². The molecular weight excluding hydrogens is 300 g/mol. The maximum absolute atomic E-state index is 3.63. The Bertz CT molecular complexity index is 404. The Labute approximate surface area is 157 Å². The first-order chi connectivity index (χ1) is 12.4. The quantitative estimate of drug-likeness (QED) is 0.183. The zero-order valence-corrected chi connectivity index (χ0v) is 16.5. The van der Waals surface area contributed by atoms with Crippen LogP contribution in [0.15, 0.2) is 73.4 Å². The third-order valence-electron chi connectivity index (χ3n) is 4.14. The average molecular weight is 341 g/mol. The first kappa shape index (κ1) is 23.4. The van der Waals surface area contributed by atoms with Crippen molar-refractivity contribution >= 4 is 0 Å². The maximum atomic E-state index is 3.63. The largest absolute Gasteiger partial charge is 0.0991 e. The molecule has 0 nitrogen and oxygen atoms in total. The van der Waals surface area contributed by atoms with Crippen molar-refractivity contribution in [2.45, 2.75) is 84.0 Å². The molecule has 0 N–H and O–H groups in total. The van der Waals surface area contributed by atoms with Gasteiger partial charge in [0.25, 0.3) is 0 Å². The van der Waals surface area contributed by atoms with Crippen molar-refractivity contribution in [2.75, 3.05) is 0 Å². The van der Waals surface area contributed by atoms with E-state index in [9.17, 15) is 0 Å². The molecule has 0 aliphatic heterocycles. The van der Waals surface area contributed by atoms with Crippen molar-refractivity contribution in [2.24, 2.45) is 0 Å². The summed E-state index contributed by atoms with van der Waals surface area (Å²) in [5.74, 6) is 0. The molecule has 0 saturated heterocycles. The van der Waals surface area contributed by atoms with E-state index < -0.39 is 0 Å². The minimum absolute atomic E-state index is 1.21. The van der Waals surface area contributed by atoms with Crippen molar-refractivity contribution in [3.8, 4) is 0 Å². The lowest BCUT2D eigenvalue weighted by molar-refractivity contribution is 0.550. The van der Waals surface area contributed by atoms with Crippen LogP contribution in [0.1, 0.15) is 84.0 Å². The number of hydrogen-bond donors (Lipinski definition) is 0. The molecule has 0 aliphatic rings. The van der Waals surface area contributed by atoms with Crippen LogP contribution in [0.2, 0.25) is 0 Å². The second-order valence-electron chi connectivity index (χ2n) is 6.53. The third kappa shape index (κ3) is 22.4. The summed E-state index contributed by atoms with van der Waals surface area (Å²) in [7, 11) is 0. The smallest absolute Gasteiger partial charge is 0.0348 e. The summed E-state index contributed by atoms with van der Waals surface area (Å²) in [6, 6.07) is 0. The lowest BCUT2D eigenvalue weighted by atomic mass is 10.1. The maximum Gasteiger partial charge on any atom is -0.0348 e. The van der Waals surface area contributed by atoms with Gasteiger partial charge in [0.2, 0.25) is 0 Å². The van der Waals surface area contributed by atoms with Gasteiger partial charge in [0.1, 0.15) is 0 Å². The lowest BCUT2D eigenvalue weighted by Gasteiger charge is -2.01. The van der Waals surface area contributed by atoms with Crippen LogP contribution in [0.25, 0.3) is 0 Å². The molecule has 0 fully saturated rings. The van der Waals surface area contributed by atoms with Gasteiger partial charge < -0.3 is 0 Å². The Hall–Kier alpha value is -1.56.